The van der Waals surface area contributed by atoms with Gasteiger partial charge in [0, 0.05) is 16.6 Å². The lowest BCUT2D eigenvalue weighted by atomic mass is 10.1. The molecule has 0 radical (unpaired) electrons. The molecule has 120 valence electrons. The summed E-state index contributed by atoms with van der Waals surface area (Å²) in [7, 11) is 0. The Kier molecular flexibility index (Phi) is 6.28. The summed E-state index contributed by atoms with van der Waals surface area (Å²) >= 11 is 10.1. The molecule has 1 aliphatic heterocycles. The molecular weight excluding hydrogens is 394 g/mol. The second-order valence-corrected chi connectivity index (χ2v) is 7.95. The van der Waals surface area contributed by atoms with Gasteiger partial charge in [0.1, 0.15) is 16.7 Å². The van der Waals surface area contributed by atoms with Gasteiger partial charge in [-0.15, -0.1) is 6.42 Å². The Morgan fingerprint density at radius 1 is 1.52 bits per heavy atom. The van der Waals surface area contributed by atoms with E-state index in [4.69, 9.17) is 23.4 Å². The first-order valence-corrected chi connectivity index (χ1v) is 9.05. The number of halogens is 1. The van der Waals surface area contributed by atoms with E-state index in [1.165, 1.54) is 11.8 Å². The third kappa shape index (κ3) is 4.60. The molecule has 0 atom stereocenters. The Bertz CT molecular complexity index is 707. The maximum Gasteiger partial charge on any atom is 0.266 e. The van der Waals surface area contributed by atoms with Gasteiger partial charge < -0.3 is 4.74 Å². The molecule has 1 saturated heterocycles. The number of amides is 1. The molecule has 1 aromatic rings. The highest BCUT2D eigenvalue weighted by Gasteiger charge is 2.32. The average Bonchev–Trinajstić information content (AvgIpc) is 2.74. The van der Waals surface area contributed by atoms with Gasteiger partial charge in [-0.2, -0.15) is 0 Å². The van der Waals surface area contributed by atoms with Crippen molar-refractivity contribution in [3.8, 4) is 18.1 Å². The highest BCUT2D eigenvalue weighted by atomic mass is 79.9. The smallest absolute Gasteiger partial charge is 0.266 e. The molecule has 1 heterocycles. The lowest BCUT2D eigenvalue weighted by Crippen LogP contribution is -2.31. The number of thiocarbonyl (C=S) groups is 1. The van der Waals surface area contributed by atoms with Gasteiger partial charge in [-0.05, 0) is 30.2 Å². The van der Waals surface area contributed by atoms with E-state index in [1.54, 1.807) is 11.0 Å². The van der Waals surface area contributed by atoms with Crippen molar-refractivity contribution in [2.45, 2.75) is 13.8 Å². The van der Waals surface area contributed by atoms with E-state index in [1.807, 2.05) is 18.2 Å². The first kappa shape index (κ1) is 18.1. The first-order valence-electron chi connectivity index (χ1n) is 7.03. The summed E-state index contributed by atoms with van der Waals surface area (Å²) in [6, 6.07) is 5.58. The van der Waals surface area contributed by atoms with Crippen molar-refractivity contribution in [3.63, 3.8) is 0 Å². The van der Waals surface area contributed by atoms with Crippen molar-refractivity contribution in [1.82, 2.24) is 4.90 Å². The number of hydrogen-bond acceptors (Lipinski definition) is 4. The Hall–Kier alpha value is -1.29. The molecule has 23 heavy (non-hydrogen) atoms. The first-order chi connectivity index (χ1) is 10.9. The number of carbonyl (C=O) groups is 1. The molecule has 1 aromatic carbocycles. The van der Waals surface area contributed by atoms with Gasteiger partial charge in [0.25, 0.3) is 5.91 Å². The number of thioether (sulfide) groups is 1. The second-order valence-electron chi connectivity index (χ2n) is 5.36. The topological polar surface area (TPSA) is 29.5 Å². The largest absolute Gasteiger partial charge is 0.480 e. The number of ether oxygens (including phenoxy) is 1. The molecule has 1 fully saturated rings. The minimum atomic E-state index is -0.0587. The average molecular weight is 410 g/mol. The molecule has 0 spiro atoms. The van der Waals surface area contributed by atoms with Crippen molar-refractivity contribution in [2.75, 3.05) is 13.2 Å². The van der Waals surface area contributed by atoms with E-state index >= 15 is 0 Å². The standard InChI is InChI=1S/C17H16BrNO2S2/c1-4-7-21-14-6-5-13(18)8-12(14)9-15-16(20)19(10-11(2)3)17(22)23-15/h1,5-6,8-9,11H,7,10H2,2-3H3. The molecule has 1 amide bonds. The van der Waals surface area contributed by atoms with Crippen molar-refractivity contribution in [1.29, 1.82) is 0 Å². The minimum Gasteiger partial charge on any atom is -0.480 e. The zero-order valence-electron chi connectivity index (χ0n) is 12.8. The van der Waals surface area contributed by atoms with Crippen LogP contribution in [-0.2, 0) is 4.79 Å². The molecule has 2 rings (SSSR count). The number of carbonyl (C=O) groups excluding carboxylic acids is 1. The van der Waals surface area contributed by atoms with Crippen LogP contribution in [0.3, 0.4) is 0 Å². The van der Waals surface area contributed by atoms with E-state index < -0.39 is 0 Å². The van der Waals surface area contributed by atoms with Crippen LogP contribution in [0.4, 0.5) is 0 Å². The lowest BCUT2D eigenvalue weighted by molar-refractivity contribution is -0.122. The number of benzene rings is 1. The normalized spacial score (nSPS) is 16.3. The van der Waals surface area contributed by atoms with E-state index in [0.29, 0.717) is 27.4 Å². The Morgan fingerprint density at radius 3 is 2.91 bits per heavy atom. The molecular formula is C17H16BrNO2S2. The van der Waals surface area contributed by atoms with Crippen molar-refractivity contribution < 1.29 is 9.53 Å². The highest BCUT2D eigenvalue weighted by Crippen LogP contribution is 2.35. The van der Waals surface area contributed by atoms with E-state index in [-0.39, 0.29) is 12.5 Å². The summed E-state index contributed by atoms with van der Waals surface area (Å²) in [5.74, 6) is 3.38. The predicted molar refractivity (Wildman–Crippen MR) is 103 cm³/mol. The molecule has 0 N–H and O–H groups in total. The summed E-state index contributed by atoms with van der Waals surface area (Å²) in [5.41, 5.74) is 0.791. The van der Waals surface area contributed by atoms with Crippen LogP contribution in [0, 0.1) is 18.3 Å². The number of terminal acetylenes is 1. The molecule has 6 heteroatoms. The van der Waals surface area contributed by atoms with Crippen molar-refractivity contribution >= 4 is 56.2 Å². The fourth-order valence-electron chi connectivity index (χ4n) is 2.05. The van der Waals surface area contributed by atoms with Crippen molar-refractivity contribution in [3.05, 3.63) is 33.1 Å². The number of nitrogens with zero attached hydrogens (tertiary/aromatic N) is 1. The maximum atomic E-state index is 12.5. The van der Waals surface area contributed by atoms with E-state index in [2.05, 4.69) is 35.7 Å². The molecule has 0 aliphatic carbocycles. The fourth-order valence-corrected chi connectivity index (χ4v) is 3.69. The number of hydrogen-bond donors (Lipinski definition) is 0. The van der Waals surface area contributed by atoms with Gasteiger partial charge in [0.05, 0.1) is 4.91 Å². The molecule has 1 aliphatic rings. The van der Waals surface area contributed by atoms with Gasteiger partial charge in [-0.1, -0.05) is 59.7 Å². The lowest BCUT2D eigenvalue weighted by Gasteiger charge is -2.16. The maximum absolute atomic E-state index is 12.5. The highest BCUT2D eigenvalue weighted by molar-refractivity contribution is 9.10. The van der Waals surface area contributed by atoms with Crippen LogP contribution < -0.4 is 4.74 Å². The third-order valence-corrected chi connectivity index (χ3v) is 4.86. The molecule has 3 nitrogen and oxygen atoms in total. The number of rotatable bonds is 5. The Morgan fingerprint density at radius 2 is 2.26 bits per heavy atom. The van der Waals surface area contributed by atoms with Crippen LogP contribution >= 0.6 is 39.9 Å². The Labute approximate surface area is 154 Å². The molecule has 0 unspecified atom stereocenters. The quantitative estimate of drug-likeness (QED) is 0.411. The monoisotopic (exact) mass is 409 g/mol. The van der Waals surface area contributed by atoms with Gasteiger partial charge in [0.15, 0.2) is 0 Å². The van der Waals surface area contributed by atoms with Gasteiger partial charge in [-0.25, -0.2) is 0 Å². The van der Waals surface area contributed by atoms with Gasteiger partial charge >= 0.3 is 0 Å². The fraction of sp³-hybridized carbons (Fsp3) is 0.294. The second kappa shape index (κ2) is 8.00. The summed E-state index contributed by atoms with van der Waals surface area (Å²) in [6.07, 6.45) is 7.04. The molecule has 0 aromatic heterocycles. The van der Waals surface area contributed by atoms with Gasteiger partial charge in [0.2, 0.25) is 0 Å². The summed E-state index contributed by atoms with van der Waals surface area (Å²) in [4.78, 5) is 14.8. The van der Waals surface area contributed by atoms with Crippen LogP contribution in [0.1, 0.15) is 19.4 Å². The van der Waals surface area contributed by atoms with Crippen LogP contribution in [0.15, 0.2) is 27.6 Å². The predicted octanol–water partition coefficient (Wildman–Crippen LogP) is 4.32. The van der Waals surface area contributed by atoms with Crippen LogP contribution in [0.2, 0.25) is 0 Å². The molecule has 0 bridgehead atoms. The van der Waals surface area contributed by atoms with Crippen LogP contribution in [0.5, 0.6) is 5.75 Å². The van der Waals surface area contributed by atoms with Crippen molar-refractivity contribution in [2.24, 2.45) is 5.92 Å². The third-order valence-electron chi connectivity index (χ3n) is 2.99. The zero-order chi connectivity index (χ0) is 17.0. The minimum absolute atomic E-state index is 0.0587. The summed E-state index contributed by atoms with van der Waals surface area (Å²) < 4.78 is 7.03. The van der Waals surface area contributed by atoms with Crippen LogP contribution in [0.25, 0.3) is 6.08 Å². The van der Waals surface area contributed by atoms with E-state index in [0.717, 1.165) is 10.0 Å². The van der Waals surface area contributed by atoms with Crippen LogP contribution in [-0.4, -0.2) is 28.3 Å². The van der Waals surface area contributed by atoms with E-state index in [9.17, 15) is 4.79 Å². The SMILES string of the molecule is C#CCOc1ccc(Br)cc1C=C1SC(=S)N(CC(C)C)C1=O. The molecule has 0 saturated carbocycles. The van der Waals surface area contributed by atoms with Gasteiger partial charge in [-0.3, -0.25) is 9.69 Å². The summed E-state index contributed by atoms with van der Waals surface area (Å²) in [6.45, 7) is 4.92. The zero-order valence-corrected chi connectivity index (χ0v) is 16.1. The summed E-state index contributed by atoms with van der Waals surface area (Å²) in [5, 5.41) is 0. The Balaban J connectivity index is 2.32.